The molecule has 0 saturated carbocycles. The van der Waals surface area contributed by atoms with Crippen LogP contribution in [-0.2, 0) is 0 Å². The highest BCUT2D eigenvalue weighted by Crippen LogP contribution is 2.32. The molecule has 0 radical (unpaired) electrons. The molecule has 1 aromatic rings. The van der Waals surface area contributed by atoms with Gasteiger partial charge in [0, 0.05) is 18.1 Å². The van der Waals surface area contributed by atoms with E-state index in [-0.39, 0.29) is 0 Å². The van der Waals surface area contributed by atoms with Crippen molar-refractivity contribution in [2.45, 2.75) is 37.4 Å². The lowest BCUT2D eigenvalue weighted by molar-refractivity contribution is 0.526. The van der Waals surface area contributed by atoms with Gasteiger partial charge in [0.1, 0.15) is 12.0 Å². The summed E-state index contributed by atoms with van der Waals surface area (Å²) in [6.45, 7) is 0. The number of anilines is 2. The van der Waals surface area contributed by atoms with Crippen LogP contribution in [0.15, 0.2) is 6.33 Å². The molecule has 2 saturated heterocycles. The van der Waals surface area contributed by atoms with E-state index < -0.39 is 0 Å². The number of hydrogen-bond acceptors (Lipinski definition) is 5. The largest absolute Gasteiger partial charge is 0.393 e. The third-order valence-corrected chi connectivity index (χ3v) is 3.76. The number of aromatic nitrogens is 2. The molecule has 4 N–H and O–H groups in total. The summed E-state index contributed by atoms with van der Waals surface area (Å²) in [6.07, 6.45) is 5.07. The highest BCUT2D eigenvalue weighted by molar-refractivity contribution is 6.32. The van der Waals surface area contributed by atoms with E-state index in [2.05, 4.69) is 20.6 Å². The summed E-state index contributed by atoms with van der Waals surface area (Å²) in [5.41, 5.74) is 6.26. The molecule has 3 atom stereocenters. The summed E-state index contributed by atoms with van der Waals surface area (Å²) in [5.74, 6) is 0.652. The van der Waals surface area contributed by atoms with Crippen LogP contribution in [0.5, 0.6) is 0 Å². The second-order valence-corrected chi connectivity index (χ2v) is 4.82. The van der Waals surface area contributed by atoms with Gasteiger partial charge in [-0.3, -0.25) is 0 Å². The normalized spacial score (nSPS) is 31.9. The third-order valence-electron chi connectivity index (χ3n) is 3.46. The average molecular weight is 240 g/mol. The summed E-state index contributed by atoms with van der Waals surface area (Å²) in [7, 11) is 0. The molecule has 2 fully saturated rings. The fourth-order valence-electron chi connectivity index (χ4n) is 2.65. The monoisotopic (exact) mass is 239 g/mol. The fourth-order valence-corrected chi connectivity index (χ4v) is 2.78. The number of hydrogen-bond donors (Lipinski definition) is 3. The van der Waals surface area contributed by atoms with Gasteiger partial charge in [0.25, 0.3) is 0 Å². The SMILES string of the molecule is Nc1c(Cl)ncnc1N[C@H]1C[C@@H]2CC[C@H]1N2. The maximum absolute atomic E-state index is 5.85. The first-order valence-corrected chi connectivity index (χ1v) is 5.90. The van der Waals surface area contributed by atoms with E-state index >= 15 is 0 Å². The van der Waals surface area contributed by atoms with E-state index in [1.165, 1.54) is 19.2 Å². The minimum atomic E-state index is 0.314. The minimum Gasteiger partial charge on any atom is -0.393 e. The molecule has 3 rings (SSSR count). The van der Waals surface area contributed by atoms with Gasteiger partial charge >= 0.3 is 0 Å². The Morgan fingerprint density at radius 3 is 3.00 bits per heavy atom. The first-order chi connectivity index (χ1) is 7.74. The molecular formula is C10H14ClN5. The molecule has 1 aromatic heterocycles. The van der Waals surface area contributed by atoms with Crippen LogP contribution in [-0.4, -0.2) is 28.1 Å². The van der Waals surface area contributed by atoms with E-state index in [4.69, 9.17) is 17.3 Å². The van der Waals surface area contributed by atoms with E-state index in [1.807, 2.05) is 0 Å². The summed E-state index contributed by atoms with van der Waals surface area (Å²) in [4.78, 5) is 7.96. The summed E-state index contributed by atoms with van der Waals surface area (Å²) in [5, 5.41) is 7.22. The van der Waals surface area contributed by atoms with Gasteiger partial charge in [-0.25, -0.2) is 9.97 Å². The first kappa shape index (κ1) is 10.1. The standard InChI is InChI=1S/C10H14ClN5/c11-9-8(12)10(14-4-13-9)16-7-3-5-1-2-6(7)15-5/h4-7,15H,1-3,12H2,(H,13,14,16)/t5-,6+,7-/m0/s1. The first-order valence-electron chi connectivity index (χ1n) is 5.52. The number of nitrogen functional groups attached to an aromatic ring is 1. The highest BCUT2D eigenvalue weighted by atomic mass is 35.5. The number of fused-ring (bicyclic) bond motifs is 2. The van der Waals surface area contributed by atoms with Crippen molar-refractivity contribution >= 4 is 23.1 Å². The summed E-state index contributed by atoms with van der Waals surface area (Å²) in [6, 6.07) is 1.60. The number of nitrogens with one attached hydrogen (secondary N) is 2. The van der Waals surface area contributed by atoms with Gasteiger partial charge in [-0.15, -0.1) is 0 Å². The lowest BCUT2D eigenvalue weighted by Crippen LogP contribution is -2.34. The molecule has 3 heterocycles. The maximum Gasteiger partial charge on any atom is 0.157 e. The zero-order valence-electron chi connectivity index (χ0n) is 8.78. The smallest absolute Gasteiger partial charge is 0.157 e. The Labute approximate surface area is 98.8 Å². The minimum absolute atomic E-state index is 0.314. The van der Waals surface area contributed by atoms with Gasteiger partial charge < -0.3 is 16.4 Å². The molecule has 2 aliphatic heterocycles. The van der Waals surface area contributed by atoms with Crippen molar-refractivity contribution in [3.8, 4) is 0 Å². The van der Waals surface area contributed by atoms with Crippen molar-refractivity contribution in [2.75, 3.05) is 11.1 Å². The number of nitrogens with zero attached hydrogens (tertiary/aromatic N) is 2. The molecule has 0 spiro atoms. The Balaban J connectivity index is 1.77. The quantitative estimate of drug-likeness (QED) is 0.672. The Hall–Kier alpha value is -1.07. The van der Waals surface area contributed by atoms with Gasteiger partial charge in [0.15, 0.2) is 11.0 Å². The Bertz CT molecular complexity index is 410. The average Bonchev–Trinajstić information content (AvgIpc) is 2.86. The topological polar surface area (TPSA) is 75.9 Å². The molecule has 6 heteroatoms. The molecule has 0 aromatic carbocycles. The third kappa shape index (κ3) is 1.60. The van der Waals surface area contributed by atoms with Crippen LogP contribution in [0.2, 0.25) is 5.15 Å². The van der Waals surface area contributed by atoms with E-state index in [1.54, 1.807) is 0 Å². The van der Waals surface area contributed by atoms with Gasteiger partial charge in [-0.2, -0.15) is 0 Å². The van der Waals surface area contributed by atoms with Gasteiger partial charge in [0.05, 0.1) is 0 Å². The van der Waals surface area contributed by atoms with Crippen molar-refractivity contribution < 1.29 is 0 Å². The molecule has 2 bridgehead atoms. The van der Waals surface area contributed by atoms with Crippen molar-refractivity contribution in [1.82, 2.24) is 15.3 Å². The van der Waals surface area contributed by atoms with Crippen molar-refractivity contribution in [2.24, 2.45) is 0 Å². The van der Waals surface area contributed by atoms with Crippen LogP contribution in [0.3, 0.4) is 0 Å². The second-order valence-electron chi connectivity index (χ2n) is 4.46. The van der Waals surface area contributed by atoms with Crippen LogP contribution in [0.1, 0.15) is 19.3 Å². The molecule has 0 aliphatic carbocycles. The Kier molecular flexibility index (Phi) is 2.37. The predicted molar refractivity (Wildman–Crippen MR) is 63.4 cm³/mol. The van der Waals surface area contributed by atoms with Gasteiger partial charge in [-0.05, 0) is 19.3 Å². The zero-order chi connectivity index (χ0) is 11.1. The van der Waals surface area contributed by atoms with E-state index in [0.29, 0.717) is 34.8 Å². The highest BCUT2D eigenvalue weighted by Gasteiger charge is 2.39. The molecule has 16 heavy (non-hydrogen) atoms. The van der Waals surface area contributed by atoms with Crippen molar-refractivity contribution in [3.05, 3.63) is 11.5 Å². The van der Waals surface area contributed by atoms with Crippen LogP contribution in [0.4, 0.5) is 11.5 Å². The number of halogens is 1. The van der Waals surface area contributed by atoms with Crippen molar-refractivity contribution in [1.29, 1.82) is 0 Å². The lowest BCUT2D eigenvalue weighted by Gasteiger charge is -2.22. The van der Waals surface area contributed by atoms with Crippen LogP contribution in [0.25, 0.3) is 0 Å². The zero-order valence-corrected chi connectivity index (χ0v) is 9.54. The van der Waals surface area contributed by atoms with Crippen LogP contribution >= 0.6 is 11.6 Å². The fraction of sp³-hybridized carbons (Fsp3) is 0.600. The van der Waals surface area contributed by atoms with Crippen LogP contribution < -0.4 is 16.4 Å². The van der Waals surface area contributed by atoms with E-state index in [9.17, 15) is 0 Å². The second kappa shape index (κ2) is 3.75. The Morgan fingerprint density at radius 2 is 2.31 bits per heavy atom. The maximum atomic E-state index is 5.85. The molecule has 0 amide bonds. The van der Waals surface area contributed by atoms with Crippen molar-refractivity contribution in [3.63, 3.8) is 0 Å². The Morgan fingerprint density at radius 1 is 1.44 bits per heavy atom. The summed E-state index contributed by atoms with van der Waals surface area (Å²) < 4.78 is 0. The lowest BCUT2D eigenvalue weighted by atomic mass is 9.95. The molecule has 0 unspecified atom stereocenters. The molecule has 5 nitrogen and oxygen atoms in total. The summed E-state index contributed by atoms with van der Waals surface area (Å²) >= 11 is 5.85. The van der Waals surface area contributed by atoms with E-state index in [0.717, 1.165) is 6.42 Å². The number of nitrogens with two attached hydrogens (primary N) is 1. The molecular weight excluding hydrogens is 226 g/mol. The van der Waals surface area contributed by atoms with Gasteiger partial charge in [-0.1, -0.05) is 11.6 Å². The molecule has 2 aliphatic rings. The van der Waals surface area contributed by atoms with Gasteiger partial charge in [0.2, 0.25) is 0 Å². The predicted octanol–water partition coefficient (Wildman–Crippen LogP) is 1.02. The number of rotatable bonds is 2. The molecule has 86 valence electrons. The van der Waals surface area contributed by atoms with Crippen LogP contribution in [0, 0.1) is 0 Å².